The lowest BCUT2D eigenvalue weighted by Crippen LogP contribution is -2.23. The third-order valence-corrected chi connectivity index (χ3v) is 5.43. The summed E-state index contributed by atoms with van der Waals surface area (Å²) in [6.07, 6.45) is 0.882. The van der Waals surface area contributed by atoms with Gasteiger partial charge in [0.2, 0.25) is 0 Å². The summed E-state index contributed by atoms with van der Waals surface area (Å²) >= 11 is 6.35. The molecule has 1 fully saturated rings. The van der Waals surface area contributed by atoms with Gasteiger partial charge in [0.05, 0.1) is 16.4 Å². The highest BCUT2D eigenvalue weighted by atomic mass is 35.5. The van der Waals surface area contributed by atoms with E-state index in [-0.39, 0.29) is 0 Å². The lowest BCUT2D eigenvalue weighted by atomic mass is 10.0. The molecule has 18 heavy (non-hydrogen) atoms. The zero-order valence-electron chi connectivity index (χ0n) is 12.3. The Kier molecular flexibility index (Phi) is 3.27. The molecule has 1 aliphatic rings. The van der Waals surface area contributed by atoms with Gasteiger partial charge in [-0.25, -0.2) is 0 Å². The molecule has 1 heterocycles. The van der Waals surface area contributed by atoms with E-state index in [1.807, 2.05) is 11.7 Å². The van der Waals surface area contributed by atoms with Crippen LogP contribution in [0.1, 0.15) is 46.0 Å². The molecule has 0 aromatic carbocycles. The van der Waals surface area contributed by atoms with Crippen LogP contribution in [0, 0.1) is 10.8 Å². The molecule has 0 unspecified atom stereocenters. The molecule has 1 aliphatic carbocycles. The molecule has 0 saturated heterocycles. The number of aromatic nitrogens is 2. The van der Waals surface area contributed by atoms with Gasteiger partial charge in [0.25, 0.3) is 0 Å². The first-order valence-electron chi connectivity index (χ1n) is 6.67. The van der Waals surface area contributed by atoms with Crippen LogP contribution < -0.4 is 5.32 Å². The largest absolute Gasteiger partial charge is 0.307 e. The smallest absolute Gasteiger partial charge is 0.0863 e. The Morgan fingerprint density at radius 2 is 1.83 bits per heavy atom. The van der Waals surface area contributed by atoms with Gasteiger partial charge in [-0.05, 0) is 17.3 Å². The van der Waals surface area contributed by atoms with Gasteiger partial charge in [-0.3, -0.25) is 4.68 Å². The number of aryl methyl sites for hydroxylation is 2. The Morgan fingerprint density at radius 3 is 2.22 bits per heavy atom. The normalized spacial score (nSPS) is 21.3. The van der Waals surface area contributed by atoms with E-state index in [1.54, 1.807) is 0 Å². The lowest BCUT2D eigenvalue weighted by Gasteiger charge is -2.07. The van der Waals surface area contributed by atoms with Crippen LogP contribution in [0.4, 0.5) is 0 Å². The monoisotopic (exact) mass is 269 g/mol. The first-order chi connectivity index (χ1) is 8.23. The van der Waals surface area contributed by atoms with E-state index in [2.05, 4.69) is 45.0 Å². The van der Waals surface area contributed by atoms with Crippen molar-refractivity contribution in [1.29, 1.82) is 0 Å². The van der Waals surface area contributed by atoms with Crippen LogP contribution in [0.25, 0.3) is 0 Å². The second kappa shape index (κ2) is 4.24. The van der Waals surface area contributed by atoms with Crippen molar-refractivity contribution in [2.45, 2.75) is 53.6 Å². The molecule has 0 bridgehead atoms. The topological polar surface area (TPSA) is 29.9 Å². The summed E-state index contributed by atoms with van der Waals surface area (Å²) < 4.78 is 1.90. The molecule has 2 rings (SSSR count). The van der Waals surface area contributed by atoms with Gasteiger partial charge < -0.3 is 5.32 Å². The second-order valence-electron chi connectivity index (χ2n) is 6.44. The van der Waals surface area contributed by atoms with Crippen LogP contribution in [0.3, 0.4) is 0 Å². The van der Waals surface area contributed by atoms with Gasteiger partial charge >= 0.3 is 0 Å². The third-order valence-electron chi connectivity index (χ3n) is 5.00. The maximum Gasteiger partial charge on any atom is 0.0863 e. The standard InChI is InChI=1S/C14H24ClN3/c1-7-9-11(15)10(18(6)17-9)8-16-12-13(2,3)14(12,4)5/h12,16H,7-8H2,1-6H3. The molecule has 1 saturated carbocycles. The van der Waals surface area contributed by atoms with Crippen molar-refractivity contribution in [3.05, 3.63) is 16.4 Å². The van der Waals surface area contributed by atoms with Gasteiger partial charge in [0.15, 0.2) is 0 Å². The summed E-state index contributed by atoms with van der Waals surface area (Å²) in [5, 5.41) is 8.89. The van der Waals surface area contributed by atoms with Crippen molar-refractivity contribution in [2.24, 2.45) is 17.9 Å². The number of nitrogens with one attached hydrogen (secondary N) is 1. The molecule has 102 valence electrons. The number of hydrogen-bond donors (Lipinski definition) is 1. The number of halogens is 1. The summed E-state index contributed by atoms with van der Waals surface area (Å²) in [6.45, 7) is 12.1. The van der Waals surface area contributed by atoms with Crippen molar-refractivity contribution in [3.8, 4) is 0 Å². The molecule has 0 radical (unpaired) electrons. The summed E-state index contributed by atoms with van der Waals surface area (Å²) in [4.78, 5) is 0. The highest BCUT2D eigenvalue weighted by molar-refractivity contribution is 6.31. The predicted molar refractivity (Wildman–Crippen MR) is 75.8 cm³/mol. The van der Waals surface area contributed by atoms with E-state index in [4.69, 9.17) is 11.6 Å². The van der Waals surface area contributed by atoms with Crippen LogP contribution in [0.15, 0.2) is 0 Å². The van der Waals surface area contributed by atoms with Crippen molar-refractivity contribution in [3.63, 3.8) is 0 Å². The van der Waals surface area contributed by atoms with Crippen molar-refractivity contribution >= 4 is 11.6 Å². The molecule has 1 aromatic heterocycles. The molecule has 4 heteroatoms. The van der Waals surface area contributed by atoms with Gasteiger partial charge in [-0.15, -0.1) is 0 Å². The Balaban J connectivity index is 2.07. The van der Waals surface area contributed by atoms with Crippen LogP contribution >= 0.6 is 11.6 Å². The molecule has 1 aromatic rings. The van der Waals surface area contributed by atoms with Gasteiger partial charge in [0.1, 0.15) is 0 Å². The minimum Gasteiger partial charge on any atom is -0.307 e. The van der Waals surface area contributed by atoms with Crippen LogP contribution in [-0.2, 0) is 20.0 Å². The van der Waals surface area contributed by atoms with Crippen LogP contribution in [0.2, 0.25) is 5.02 Å². The van der Waals surface area contributed by atoms with Crippen molar-refractivity contribution < 1.29 is 0 Å². The second-order valence-corrected chi connectivity index (χ2v) is 6.82. The van der Waals surface area contributed by atoms with E-state index < -0.39 is 0 Å². The fourth-order valence-corrected chi connectivity index (χ4v) is 3.28. The number of hydrogen-bond acceptors (Lipinski definition) is 2. The summed E-state index contributed by atoms with van der Waals surface area (Å²) in [6, 6.07) is 0.543. The van der Waals surface area contributed by atoms with E-state index in [9.17, 15) is 0 Å². The van der Waals surface area contributed by atoms with Gasteiger partial charge in [-0.2, -0.15) is 5.10 Å². The predicted octanol–water partition coefficient (Wildman–Crippen LogP) is 3.16. The number of rotatable bonds is 4. The zero-order chi connectivity index (χ0) is 13.7. The first-order valence-corrected chi connectivity index (χ1v) is 7.05. The van der Waals surface area contributed by atoms with E-state index in [0.29, 0.717) is 16.9 Å². The van der Waals surface area contributed by atoms with Gasteiger partial charge in [0, 0.05) is 19.6 Å². The SMILES string of the molecule is CCc1nn(C)c(CNC2C(C)(C)C2(C)C)c1Cl. The average molecular weight is 270 g/mol. The number of nitrogens with zero attached hydrogens (tertiary/aromatic N) is 2. The minimum absolute atomic E-state index is 0.353. The molecule has 0 spiro atoms. The van der Waals surface area contributed by atoms with Crippen molar-refractivity contribution in [2.75, 3.05) is 0 Å². The average Bonchev–Trinajstić information content (AvgIpc) is 2.52. The Morgan fingerprint density at radius 1 is 1.28 bits per heavy atom. The fourth-order valence-electron chi connectivity index (χ4n) is 2.92. The van der Waals surface area contributed by atoms with E-state index in [0.717, 1.165) is 29.4 Å². The summed E-state index contributed by atoms with van der Waals surface area (Å²) in [7, 11) is 1.96. The van der Waals surface area contributed by atoms with Crippen LogP contribution in [0.5, 0.6) is 0 Å². The maximum atomic E-state index is 6.35. The summed E-state index contributed by atoms with van der Waals surface area (Å²) in [5.74, 6) is 0. The molecule has 3 nitrogen and oxygen atoms in total. The Bertz CT molecular complexity index is 446. The molecule has 0 amide bonds. The fraction of sp³-hybridized carbons (Fsp3) is 0.786. The molecular weight excluding hydrogens is 246 g/mol. The Hall–Kier alpha value is -0.540. The lowest BCUT2D eigenvalue weighted by molar-refractivity contribution is 0.457. The Labute approximate surface area is 115 Å². The minimum atomic E-state index is 0.353. The third kappa shape index (κ3) is 1.88. The quantitative estimate of drug-likeness (QED) is 0.910. The maximum absolute atomic E-state index is 6.35. The molecular formula is C14H24ClN3. The zero-order valence-corrected chi connectivity index (χ0v) is 13.0. The van der Waals surface area contributed by atoms with Crippen LogP contribution in [-0.4, -0.2) is 15.8 Å². The van der Waals surface area contributed by atoms with E-state index in [1.165, 1.54) is 0 Å². The van der Waals surface area contributed by atoms with Gasteiger partial charge in [-0.1, -0.05) is 46.2 Å². The molecule has 0 aliphatic heterocycles. The van der Waals surface area contributed by atoms with Crippen molar-refractivity contribution in [1.82, 2.24) is 15.1 Å². The highest BCUT2D eigenvalue weighted by Gasteiger charge is 2.64. The molecule has 0 atom stereocenters. The van der Waals surface area contributed by atoms with E-state index >= 15 is 0 Å². The first kappa shape index (κ1) is 13.9. The molecule has 1 N–H and O–H groups in total. The summed E-state index contributed by atoms with van der Waals surface area (Å²) in [5.41, 5.74) is 2.79. The highest BCUT2D eigenvalue weighted by Crippen LogP contribution is 2.62.